The van der Waals surface area contributed by atoms with Crippen LogP contribution in [0.5, 0.6) is 5.75 Å². The van der Waals surface area contributed by atoms with Gasteiger partial charge in [0.2, 0.25) is 5.13 Å². The van der Waals surface area contributed by atoms with Gasteiger partial charge in [-0.2, -0.15) is 17.5 Å². The van der Waals surface area contributed by atoms with Gasteiger partial charge < -0.3 is 4.74 Å². The fourth-order valence-electron chi connectivity index (χ4n) is 4.77. The molecule has 186 valence electrons. The van der Waals surface area contributed by atoms with Gasteiger partial charge in [-0.15, -0.1) is 0 Å². The number of hydrogen-bond acceptors (Lipinski definition) is 8. The SMILES string of the molecule is O=S(=O)(Nc1ncns1)c1ccc2c(c1)OCC[C@@H]2N1CC[C@@H](C(F)(F)F)C[C@H]1c1ccccn1. The van der Waals surface area contributed by atoms with Crippen LogP contribution in [0.3, 0.4) is 0 Å². The topological polar surface area (TPSA) is 97.3 Å². The van der Waals surface area contributed by atoms with Crippen molar-refractivity contribution in [2.75, 3.05) is 17.9 Å². The Morgan fingerprint density at radius 1 is 1.11 bits per heavy atom. The molecule has 0 unspecified atom stereocenters. The highest BCUT2D eigenvalue weighted by Crippen LogP contribution is 2.47. The van der Waals surface area contributed by atoms with Gasteiger partial charge >= 0.3 is 6.18 Å². The molecule has 5 rings (SSSR count). The first-order valence-corrected chi connectivity index (χ1v) is 13.3. The summed E-state index contributed by atoms with van der Waals surface area (Å²) < 4.78 is 78.3. The highest BCUT2D eigenvalue weighted by atomic mass is 32.2. The van der Waals surface area contributed by atoms with E-state index in [-0.39, 0.29) is 35.5 Å². The monoisotopic (exact) mass is 525 g/mol. The van der Waals surface area contributed by atoms with Crippen molar-refractivity contribution in [2.45, 2.75) is 42.4 Å². The van der Waals surface area contributed by atoms with Gasteiger partial charge in [0.15, 0.2) is 0 Å². The third-order valence-corrected chi connectivity index (χ3v) is 8.47. The number of nitrogens with zero attached hydrogens (tertiary/aromatic N) is 4. The number of alkyl halides is 3. The van der Waals surface area contributed by atoms with E-state index >= 15 is 0 Å². The number of ether oxygens (including phenoxy) is 1. The minimum absolute atomic E-state index is 0.00223. The molecule has 3 atom stereocenters. The molecular weight excluding hydrogens is 503 g/mol. The average Bonchev–Trinajstić information content (AvgIpc) is 3.35. The Labute approximate surface area is 204 Å². The van der Waals surface area contributed by atoms with Crippen LogP contribution in [0, 0.1) is 5.92 Å². The Morgan fingerprint density at radius 2 is 1.97 bits per heavy atom. The Bertz CT molecular complexity index is 1270. The molecule has 0 spiro atoms. The number of nitrogens with one attached hydrogen (secondary N) is 1. The van der Waals surface area contributed by atoms with E-state index < -0.39 is 28.2 Å². The van der Waals surface area contributed by atoms with Gasteiger partial charge in [0.1, 0.15) is 12.1 Å². The Balaban J connectivity index is 1.46. The summed E-state index contributed by atoms with van der Waals surface area (Å²) in [4.78, 5) is 10.3. The lowest BCUT2D eigenvalue weighted by Gasteiger charge is -2.45. The van der Waals surface area contributed by atoms with Gasteiger partial charge in [0.05, 0.1) is 29.2 Å². The zero-order chi connectivity index (χ0) is 24.6. The lowest BCUT2D eigenvalue weighted by atomic mass is 9.85. The number of rotatable bonds is 5. The van der Waals surface area contributed by atoms with E-state index in [1.54, 1.807) is 30.5 Å². The first kappa shape index (κ1) is 23.9. The smallest absolute Gasteiger partial charge is 0.391 e. The summed E-state index contributed by atoms with van der Waals surface area (Å²) in [6, 6.07) is 9.12. The van der Waals surface area contributed by atoms with E-state index in [2.05, 4.69) is 24.0 Å². The second-order valence-electron chi connectivity index (χ2n) is 8.48. The Hall–Kier alpha value is -2.77. The van der Waals surface area contributed by atoms with Crippen molar-refractivity contribution in [2.24, 2.45) is 5.92 Å². The van der Waals surface area contributed by atoms with Crippen LogP contribution < -0.4 is 9.46 Å². The van der Waals surface area contributed by atoms with Crippen LogP contribution in [0.25, 0.3) is 0 Å². The summed E-state index contributed by atoms with van der Waals surface area (Å²) in [7, 11) is -3.91. The van der Waals surface area contributed by atoms with Gasteiger partial charge in [-0.3, -0.25) is 14.6 Å². The number of pyridine rings is 1. The second-order valence-corrected chi connectivity index (χ2v) is 10.9. The van der Waals surface area contributed by atoms with Gasteiger partial charge in [-0.25, -0.2) is 13.4 Å². The minimum Gasteiger partial charge on any atom is -0.493 e. The molecule has 1 saturated heterocycles. The van der Waals surface area contributed by atoms with E-state index in [0.717, 1.165) is 17.1 Å². The van der Waals surface area contributed by atoms with Crippen molar-refractivity contribution in [3.05, 3.63) is 60.2 Å². The Kier molecular flexibility index (Phi) is 6.40. The van der Waals surface area contributed by atoms with Gasteiger partial charge in [0, 0.05) is 48.4 Å². The molecule has 1 fully saturated rings. The molecule has 4 heterocycles. The lowest BCUT2D eigenvalue weighted by molar-refractivity contribution is -0.192. The fourth-order valence-corrected chi connectivity index (χ4v) is 6.45. The molecule has 0 saturated carbocycles. The second kappa shape index (κ2) is 9.36. The number of likely N-dealkylation sites (tertiary alicyclic amines) is 1. The maximum absolute atomic E-state index is 13.6. The number of fused-ring (bicyclic) bond motifs is 1. The van der Waals surface area contributed by atoms with E-state index in [0.29, 0.717) is 24.5 Å². The van der Waals surface area contributed by atoms with Crippen molar-refractivity contribution in [3.8, 4) is 5.75 Å². The first-order valence-electron chi connectivity index (χ1n) is 11.0. The molecule has 1 N–H and O–H groups in total. The maximum Gasteiger partial charge on any atom is 0.391 e. The zero-order valence-corrected chi connectivity index (χ0v) is 20.0. The van der Waals surface area contributed by atoms with Gasteiger partial charge in [-0.1, -0.05) is 12.1 Å². The van der Waals surface area contributed by atoms with E-state index in [1.165, 1.54) is 18.5 Å². The fraction of sp³-hybridized carbons (Fsp3) is 0.409. The predicted molar refractivity (Wildman–Crippen MR) is 122 cm³/mol. The number of anilines is 1. The normalized spacial score (nSPS) is 23.3. The molecule has 2 aliphatic rings. The van der Waals surface area contributed by atoms with E-state index in [1.807, 2.05) is 0 Å². The summed E-state index contributed by atoms with van der Waals surface area (Å²) >= 11 is 0.917. The first-order chi connectivity index (χ1) is 16.7. The van der Waals surface area contributed by atoms with Crippen LogP contribution in [0.2, 0.25) is 0 Å². The average molecular weight is 526 g/mol. The molecule has 8 nitrogen and oxygen atoms in total. The lowest BCUT2D eigenvalue weighted by Crippen LogP contribution is -2.44. The number of aromatic nitrogens is 3. The molecular formula is C22H22F3N5O3S2. The summed E-state index contributed by atoms with van der Waals surface area (Å²) in [6.45, 7) is 0.563. The molecule has 3 aromatic rings. The van der Waals surface area contributed by atoms with E-state index in [4.69, 9.17) is 4.74 Å². The number of halogens is 3. The molecule has 0 radical (unpaired) electrons. The third kappa shape index (κ3) is 4.98. The van der Waals surface area contributed by atoms with Crippen LogP contribution in [0.15, 0.2) is 53.8 Å². The van der Waals surface area contributed by atoms with Crippen LogP contribution in [-0.2, 0) is 10.0 Å². The van der Waals surface area contributed by atoms with Crippen LogP contribution in [-0.4, -0.2) is 47.0 Å². The summed E-state index contributed by atoms with van der Waals surface area (Å²) in [5, 5.41) is 0.146. The van der Waals surface area contributed by atoms with Gasteiger partial charge in [-0.05, 0) is 31.0 Å². The molecule has 0 amide bonds. The molecule has 0 aliphatic carbocycles. The maximum atomic E-state index is 13.6. The number of sulfonamides is 1. The summed E-state index contributed by atoms with van der Waals surface area (Å²) in [5.41, 5.74) is 1.34. The van der Waals surface area contributed by atoms with E-state index in [9.17, 15) is 21.6 Å². The molecule has 35 heavy (non-hydrogen) atoms. The number of piperidine rings is 1. The highest BCUT2D eigenvalue weighted by Gasteiger charge is 2.47. The quantitative estimate of drug-likeness (QED) is 0.521. The van der Waals surface area contributed by atoms with Gasteiger partial charge in [0.25, 0.3) is 10.0 Å². The zero-order valence-electron chi connectivity index (χ0n) is 18.4. The van der Waals surface area contributed by atoms with Crippen molar-refractivity contribution >= 4 is 26.7 Å². The molecule has 0 bridgehead atoms. The van der Waals surface area contributed by atoms with Crippen molar-refractivity contribution < 1.29 is 26.3 Å². The number of hydrogen-bond donors (Lipinski definition) is 1. The van der Waals surface area contributed by atoms with Crippen LogP contribution in [0.4, 0.5) is 18.3 Å². The summed E-state index contributed by atoms with van der Waals surface area (Å²) in [5.74, 6) is -0.997. The largest absolute Gasteiger partial charge is 0.493 e. The van der Waals surface area contributed by atoms with Crippen molar-refractivity contribution in [1.29, 1.82) is 0 Å². The van der Waals surface area contributed by atoms with Crippen LogP contribution >= 0.6 is 11.5 Å². The highest BCUT2D eigenvalue weighted by molar-refractivity contribution is 7.93. The molecule has 2 aromatic heterocycles. The van der Waals surface area contributed by atoms with Crippen molar-refractivity contribution in [3.63, 3.8) is 0 Å². The molecule has 1 aromatic carbocycles. The Morgan fingerprint density at radius 3 is 2.69 bits per heavy atom. The summed E-state index contributed by atoms with van der Waals surface area (Å²) in [6.07, 6.45) is -0.935. The molecule has 2 aliphatic heterocycles. The predicted octanol–water partition coefficient (Wildman–Crippen LogP) is 4.57. The molecule has 13 heteroatoms. The van der Waals surface area contributed by atoms with Crippen LogP contribution in [0.1, 0.15) is 42.6 Å². The minimum atomic E-state index is -4.27. The van der Waals surface area contributed by atoms with Crippen molar-refractivity contribution in [1.82, 2.24) is 19.2 Å². The number of benzene rings is 1. The third-order valence-electron chi connectivity index (χ3n) is 6.42. The standard InChI is InChI=1S/C22H22F3N5O3S2/c23-22(24,25)14-6-9-30(19(11-14)17-3-1-2-8-26-17)18-7-10-33-20-12-15(4-5-16(18)20)35(31,32)29-21-27-13-28-34-21/h1-5,8,12-14,18-19H,6-7,9-11H2,(H,27,28,29)/t14-,18+,19+/m1/s1.